The van der Waals surface area contributed by atoms with E-state index in [4.69, 9.17) is 0 Å². The number of quaternary nitrogens is 1. The molecular formula is C23H33N2O2+. The maximum absolute atomic E-state index is 11.9. The van der Waals surface area contributed by atoms with E-state index in [1.165, 1.54) is 17.7 Å². The normalized spacial score (nSPS) is 53.7. The molecule has 4 heteroatoms. The Morgan fingerprint density at radius 3 is 2.70 bits per heavy atom. The fourth-order valence-corrected chi connectivity index (χ4v) is 9.23. The Hall–Kier alpha value is -1.10. The van der Waals surface area contributed by atoms with Crippen LogP contribution in [0.4, 0.5) is 5.69 Å². The van der Waals surface area contributed by atoms with E-state index in [1.54, 1.807) is 0 Å². The van der Waals surface area contributed by atoms with Crippen LogP contribution in [0.2, 0.25) is 0 Å². The number of anilines is 1. The molecule has 7 rings (SSSR count). The zero-order valence-corrected chi connectivity index (χ0v) is 16.8. The Morgan fingerprint density at radius 2 is 1.96 bits per heavy atom. The predicted octanol–water partition coefficient (Wildman–Crippen LogP) is 2.48. The molecule has 0 aromatic heterocycles. The van der Waals surface area contributed by atoms with Crippen LogP contribution in [-0.2, 0) is 5.41 Å². The molecule has 10 atom stereocenters. The van der Waals surface area contributed by atoms with Crippen LogP contribution in [0, 0.1) is 17.8 Å². The zero-order chi connectivity index (χ0) is 18.7. The van der Waals surface area contributed by atoms with Gasteiger partial charge in [-0.25, -0.2) is 0 Å². The number of nitrogens with zero attached hydrogens (tertiary/aromatic N) is 2. The molecule has 27 heavy (non-hydrogen) atoms. The topological polar surface area (TPSA) is 43.7 Å². The molecule has 146 valence electrons. The lowest BCUT2D eigenvalue weighted by Gasteiger charge is -2.68. The molecule has 1 aliphatic carbocycles. The Labute approximate surface area is 162 Å². The van der Waals surface area contributed by atoms with Crippen molar-refractivity contribution < 1.29 is 14.7 Å². The van der Waals surface area contributed by atoms with Gasteiger partial charge in [0, 0.05) is 37.4 Å². The second kappa shape index (κ2) is 5.08. The van der Waals surface area contributed by atoms with Crippen LogP contribution in [0.1, 0.15) is 45.1 Å². The SMILES string of the molecule is CCC[N+]12[C@@H](O)[C@H](CC)[C@@H]3C[C@H]1[C@@H]1N(C)c4ccccc4[C@]14C[C@H]2[C@H]3[C@H]4O. The molecule has 2 N–H and O–H groups in total. The maximum atomic E-state index is 11.9. The van der Waals surface area contributed by atoms with Gasteiger partial charge in [-0.2, -0.15) is 0 Å². The zero-order valence-electron chi connectivity index (χ0n) is 16.8. The number of piperidine rings is 4. The molecule has 5 bridgehead atoms. The van der Waals surface area contributed by atoms with E-state index < -0.39 is 0 Å². The summed E-state index contributed by atoms with van der Waals surface area (Å²) in [4.78, 5) is 2.48. The van der Waals surface area contributed by atoms with Crippen molar-refractivity contribution in [2.75, 3.05) is 18.5 Å². The largest absolute Gasteiger partial charge is 0.392 e. The number of benzene rings is 1. The highest BCUT2D eigenvalue weighted by Crippen LogP contribution is 2.71. The van der Waals surface area contributed by atoms with Gasteiger partial charge < -0.3 is 15.1 Å². The summed E-state index contributed by atoms with van der Waals surface area (Å²) in [6.07, 6.45) is 3.84. The highest BCUT2D eigenvalue weighted by Gasteiger charge is 2.82. The molecule has 6 aliphatic rings. The van der Waals surface area contributed by atoms with Crippen LogP contribution in [0.5, 0.6) is 0 Å². The number of hydrogen-bond donors (Lipinski definition) is 2. The molecule has 4 nitrogen and oxygen atoms in total. The smallest absolute Gasteiger partial charge is 0.194 e. The van der Waals surface area contributed by atoms with Gasteiger partial charge in [0.25, 0.3) is 0 Å². The third kappa shape index (κ3) is 1.51. The van der Waals surface area contributed by atoms with Gasteiger partial charge >= 0.3 is 0 Å². The number of aliphatic hydroxyl groups excluding tert-OH is 2. The minimum absolute atomic E-state index is 0.127. The highest BCUT2D eigenvalue weighted by atomic mass is 16.3. The quantitative estimate of drug-likeness (QED) is 0.805. The number of fused-ring (bicyclic) bond motifs is 2. The minimum Gasteiger partial charge on any atom is -0.392 e. The second-order valence-corrected chi connectivity index (χ2v) is 10.1. The van der Waals surface area contributed by atoms with E-state index >= 15 is 0 Å². The average Bonchev–Trinajstić information content (AvgIpc) is 3.06. The number of hydrogen-bond acceptors (Lipinski definition) is 3. The summed E-state index contributed by atoms with van der Waals surface area (Å²) in [5.41, 5.74) is 2.56. The molecule has 5 fully saturated rings. The Balaban J connectivity index is 1.62. The lowest BCUT2D eigenvalue weighted by atomic mass is 9.60. The number of rotatable bonds is 3. The van der Waals surface area contributed by atoms with Gasteiger partial charge in [-0.1, -0.05) is 32.0 Å². The summed E-state index contributed by atoms with van der Waals surface area (Å²) in [5, 5.41) is 23.6. The number of aliphatic hydroxyl groups is 2. The van der Waals surface area contributed by atoms with Crippen LogP contribution < -0.4 is 4.90 Å². The van der Waals surface area contributed by atoms with Crippen molar-refractivity contribution in [3.63, 3.8) is 0 Å². The fourth-order valence-electron chi connectivity index (χ4n) is 9.23. The van der Waals surface area contributed by atoms with Gasteiger partial charge in [0.15, 0.2) is 6.23 Å². The lowest BCUT2D eigenvalue weighted by molar-refractivity contribution is -1.04. The summed E-state index contributed by atoms with van der Waals surface area (Å²) >= 11 is 0. The standard InChI is InChI=1S/C23H33N2O2/c1-4-10-25-17-11-14(13(5-2)22(25)27)19-18(25)12-23(21(19)26)15-8-6-7-9-16(15)24(3)20(17)23/h6-9,13-14,17-22,26-27H,4-5,10-12H2,1-3H3/q+1/t13-,14+,17+,18+,19+,20+,21-,22+,23-,25?/m1/s1. The molecule has 1 aromatic carbocycles. The van der Waals surface area contributed by atoms with Gasteiger partial charge in [0.05, 0.1) is 30.1 Å². The van der Waals surface area contributed by atoms with Gasteiger partial charge in [-0.3, -0.25) is 4.48 Å². The number of para-hydroxylation sites is 1. The third-order valence-electron chi connectivity index (χ3n) is 9.73. The molecule has 0 amide bonds. The van der Waals surface area contributed by atoms with Crippen LogP contribution >= 0.6 is 0 Å². The minimum atomic E-state index is -0.271. The molecule has 0 radical (unpaired) electrons. The van der Waals surface area contributed by atoms with Crippen molar-refractivity contribution in [2.24, 2.45) is 17.8 Å². The molecule has 1 spiro atoms. The maximum Gasteiger partial charge on any atom is 0.194 e. The summed E-state index contributed by atoms with van der Waals surface area (Å²) in [7, 11) is 2.23. The summed E-state index contributed by atoms with van der Waals surface area (Å²) in [5.74, 6) is 1.18. The summed E-state index contributed by atoms with van der Waals surface area (Å²) in [6, 6.07) is 9.97. The van der Waals surface area contributed by atoms with E-state index in [0.717, 1.165) is 30.3 Å². The van der Waals surface area contributed by atoms with Gasteiger partial charge in [-0.05, 0) is 30.4 Å². The average molecular weight is 370 g/mol. The van der Waals surface area contributed by atoms with Gasteiger partial charge in [-0.15, -0.1) is 0 Å². The van der Waals surface area contributed by atoms with Crippen LogP contribution in [0.3, 0.4) is 0 Å². The molecule has 1 aromatic rings. The molecule has 4 saturated heterocycles. The first kappa shape index (κ1) is 16.8. The van der Waals surface area contributed by atoms with Gasteiger partial charge in [0.1, 0.15) is 6.04 Å². The lowest BCUT2D eigenvalue weighted by Crippen LogP contribution is -2.83. The van der Waals surface area contributed by atoms with Crippen molar-refractivity contribution in [1.82, 2.24) is 0 Å². The van der Waals surface area contributed by atoms with Crippen molar-refractivity contribution in [2.45, 2.75) is 75.4 Å². The van der Waals surface area contributed by atoms with E-state index in [-0.39, 0.29) is 17.7 Å². The highest BCUT2D eigenvalue weighted by molar-refractivity contribution is 5.66. The Morgan fingerprint density at radius 1 is 1.19 bits per heavy atom. The second-order valence-electron chi connectivity index (χ2n) is 10.1. The first-order chi connectivity index (χ1) is 13.0. The van der Waals surface area contributed by atoms with Crippen LogP contribution in [-0.4, -0.2) is 58.7 Å². The molecule has 1 unspecified atom stereocenters. The first-order valence-electron chi connectivity index (χ1n) is 11.1. The first-order valence-corrected chi connectivity index (χ1v) is 11.1. The van der Waals surface area contributed by atoms with Crippen molar-refractivity contribution in [1.29, 1.82) is 0 Å². The van der Waals surface area contributed by atoms with E-state index in [0.29, 0.717) is 35.9 Å². The van der Waals surface area contributed by atoms with Crippen LogP contribution in [0.15, 0.2) is 24.3 Å². The molecular weight excluding hydrogens is 336 g/mol. The van der Waals surface area contributed by atoms with Gasteiger partial charge in [0.2, 0.25) is 0 Å². The number of likely N-dealkylation sites (N-methyl/N-ethyl adjacent to an activating group) is 1. The fraction of sp³-hybridized carbons (Fsp3) is 0.739. The van der Waals surface area contributed by atoms with E-state index in [1.807, 2.05) is 0 Å². The Bertz CT molecular complexity index is 798. The monoisotopic (exact) mass is 369 g/mol. The Kier molecular flexibility index (Phi) is 3.17. The molecule has 1 saturated carbocycles. The predicted molar refractivity (Wildman–Crippen MR) is 105 cm³/mol. The summed E-state index contributed by atoms with van der Waals surface area (Å²) < 4.78 is 0.873. The molecule has 5 heterocycles. The van der Waals surface area contributed by atoms with E-state index in [2.05, 4.69) is 50.1 Å². The van der Waals surface area contributed by atoms with Crippen molar-refractivity contribution >= 4 is 5.69 Å². The van der Waals surface area contributed by atoms with Crippen molar-refractivity contribution in [3.05, 3.63) is 29.8 Å². The molecule has 5 aliphatic heterocycles. The van der Waals surface area contributed by atoms with Crippen LogP contribution in [0.25, 0.3) is 0 Å². The summed E-state index contributed by atoms with van der Waals surface area (Å²) in [6.45, 7) is 5.56. The van der Waals surface area contributed by atoms with E-state index in [9.17, 15) is 10.2 Å². The third-order valence-corrected chi connectivity index (χ3v) is 9.73. The van der Waals surface area contributed by atoms with Crippen molar-refractivity contribution in [3.8, 4) is 0 Å².